The van der Waals surface area contributed by atoms with Crippen LogP contribution >= 0.6 is 0 Å². The van der Waals surface area contributed by atoms with E-state index < -0.39 is 5.41 Å². The van der Waals surface area contributed by atoms with E-state index in [0.717, 1.165) is 11.1 Å². The molecule has 0 unspecified atom stereocenters. The molecule has 0 aliphatic heterocycles. The zero-order valence-corrected chi connectivity index (χ0v) is 13.4. The first-order chi connectivity index (χ1) is 11.7. The molecule has 0 amide bonds. The van der Waals surface area contributed by atoms with E-state index in [9.17, 15) is 9.59 Å². The fourth-order valence-electron chi connectivity index (χ4n) is 4.11. The molecule has 0 bridgehead atoms. The van der Waals surface area contributed by atoms with Crippen molar-refractivity contribution in [2.75, 3.05) is 6.61 Å². The molecule has 2 aromatic carbocycles. The Bertz CT molecular complexity index is 837. The van der Waals surface area contributed by atoms with Crippen LogP contribution in [0.15, 0.2) is 66.7 Å². The van der Waals surface area contributed by atoms with Gasteiger partial charge in [-0.1, -0.05) is 60.7 Å². The number of fused-ring (bicyclic) bond motifs is 2. The van der Waals surface area contributed by atoms with Crippen molar-refractivity contribution in [3.8, 4) is 0 Å². The van der Waals surface area contributed by atoms with Crippen LogP contribution in [0.4, 0.5) is 0 Å². The van der Waals surface area contributed by atoms with Crippen molar-refractivity contribution in [2.45, 2.75) is 18.3 Å². The second-order valence-electron chi connectivity index (χ2n) is 6.29. The van der Waals surface area contributed by atoms with Crippen molar-refractivity contribution in [1.29, 1.82) is 0 Å². The van der Waals surface area contributed by atoms with Gasteiger partial charge in [0.1, 0.15) is 0 Å². The van der Waals surface area contributed by atoms with Gasteiger partial charge in [-0.2, -0.15) is 0 Å². The minimum Gasteiger partial charge on any atom is -0.466 e. The molecular formula is C21H18O3. The van der Waals surface area contributed by atoms with E-state index in [1.807, 2.05) is 67.6 Å². The highest BCUT2D eigenvalue weighted by molar-refractivity contribution is 6.08. The summed E-state index contributed by atoms with van der Waals surface area (Å²) in [7, 11) is 0. The van der Waals surface area contributed by atoms with Crippen LogP contribution in [0.2, 0.25) is 0 Å². The van der Waals surface area contributed by atoms with Crippen molar-refractivity contribution >= 4 is 11.8 Å². The van der Waals surface area contributed by atoms with E-state index in [1.54, 1.807) is 6.08 Å². The predicted molar refractivity (Wildman–Crippen MR) is 90.9 cm³/mol. The molecule has 0 heterocycles. The SMILES string of the molecule is CCOC(=O)[C@H]1[C@H](c2ccccc2)[C@]12C=CC(=O)c1ccccc12. The van der Waals surface area contributed by atoms with Crippen molar-refractivity contribution in [3.05, 3.63) is 83.4 Å². The average molecular weight is 318 g/mol. The summed E-state index contributed by atoms with van der Waals surface area (Å²) in [6.45, 7) is 2.18. The number of ether oxygens (including phenoxy) is 1. The van der Waals surface area contributed by atoms with Gasteiger partial charge in [0.05, 0.1) is 12.5 Å². The van der Waals surface area contributed by atoms with Crippen molar-refractivity contribution in [3.63, 3.8) is 0 Å². The molecule has 3 heteroatoms. The second-order valence-corrected chi connectivity index (χ2v) is 6.29. The molecule has 4 rings (SSSR count). The highest BCUT2D eigenvalue weighted by Gasteiger charge is 2.70. The van der Waals surface area contributed by atoms with Crippen molar-refractivity contribution in [1.82, 2.24) is 0 Å². The Morgan fingerprint density at radius 1 is 1.08 bits per heavy atom. The van der Waals surface area contributed by atoms with Gasteiger partial charge in [0.25, 0.3) is 0 Å². The second kappa shape index (κ2) is 5.45. The molecule has 3 nitrogen and oxygen atoms in total. The summed E-state index contributed by atoms with van der Waals surface area (Å²) in [6.07, 6.45) is 3.52. The molecule has 0 radical (unpaired) electrons. The van der Waals surface area contributed by atoms with Crippen LogP contribution in [0.3, 0.4) is 0 Å². The van der Waals surface area contributed by atoms with E-state index in [1.165, 1.54) is 0 Å². The Labute approximate surface area is 141 Å². The van der Waals surface area contributed by atoms with Gasteiger partial charge in [0.15, 0.2) is 5.78 Å². The molecule has 1 spiro atoms. The van der Waals surface area contributed by atoms with E-state index in [4.69, 9.17) is 4.74 Å². The number of allylic oxidation sites excluding steroid dienone is 2. The van der Waals surface area contributed by atoms with Crippen LogP contribution in [0.25, 0.3) is 0 Å². The van der Waals surface area contributed by atoms with Gasteiger partial charge in [-0.25, -0.2) is 0 Å². The number of benzene rings is 2. The Balaban J connectivity index is 1.87. The summed E-state index contributed by atoms with van der Waals surface area (Å²) < 4.78 is 5.33. The smallest absolute Gasteiger partial charge is 0.310 e. The van der Waals surface area contributed by atoms with Gasteiger partial charge in [-0.3, -0.25) is 9.59 Å². The van der Waals surface area contributed by atoms with Gasteiger partial charge in [0, 0.05) is 16.9 Å². The fraction of sp³-hybridized carbons (Fsp3) is 0.238. The zero-order valence-electron chi connectivity index (χ0n) is 13.4. The summed E-state index contributed by atoms with van der Waals surface area (Å²) in [5, 5.41) is 0. The molecule has 1 saturated carbocycles. The van der Waals surface area contributed by atoms with E-state index in [0.29, 0.717) is 12.2 Å². The van der Waals surface area contributed by atoms with Gasteiger partial charge in [-0.05, 0) is 24.1 Å². The fourth-order valence-corrected chi connectivity index (χ4v) is 4.11. The van der Waals surface area contributed by atoms with E-state index in [-0.39, 0.29) is 23.6 Å². The van der Waals surface area contributed by atoms with Gasteiger partial charge in [-0.15, -0.1) is 0 Å². The molecule has 24 heavy (non-hydrogen) atoms. The molecular weight excluding hydrogens is 300 g/mol. The highest BCUT2D eigenvalue weighted by Crippen LogP contribution is 2.68. The summed E-state index contributed by atoms with van der Waals surface area (Å²) in [5.41, 5.74) is 2.25. The summed E-state index contributed by atoms with van der Waals surface area (Å²) >= 11 is 0. The number of esters is 1. The molecule has 2 aliphatic carbocycles. The molecule has 3 atom stereocenters. The maximum absolute atomic E-state index is 12.6. The molecule has 0 aromatic heterocycles. The summed E-state index contributed by atoms with van der Waals surface area (Å²) in [4.78, 5) is 24.9. The maximum atomic E-state index is 12.6. The first-order valence-electron chi connectivity index (χ1n) is 8.24. The Morgan fingerprint density at radius 2 is 1.79 bits per heavy atom. The average Bonchev–Trinajstić information content (AvgIpc) is 3.29. The quantitative estimate of drug-likeness (QED) is 0.811. The number of hydrogen-bond acceptors (Lipinski definition) is 3. The number of carbonyl (C=O) groups is 2. The minimum atomic E-state index is -0.474. The molecule has 2 aromatic rings. The molecule has 2 aliphatic rings. The van der Waals surface area contributed by atoms with Crippen molar-refractivity contribution in [2.24, 2.45) is 5.92 Å². The molecule has 120 valence electrons. The lowest BCUT2D eigenvalue weighted by Gasteiger charge is -2.21. The minimum absolute atomic E-state index is 0.00227. The van der Waals surface area contributed by atoms with E-state index >= 15 is 0 Å². The third-order valence-corrected chi connectivity index (χ3v) is 5.12. The number of hydrogen-bond donors (Lipinski definition) is 0. The van der Waals surface area contributed by atoms with Crippen molar-refractivity contribution < 1.29 is 14.3 Å². The zero-order chi connectivity index (χ0) is 16.7. The standard InChI is InChI=1S/C21H18O3/c1-2-24-20(23)19-18(14-8-4-3-5-9-14)21(19)13-12-17(22)15-10-6-7-11-16(15)21/h3-13,18-19H,2H2,1H3/t18-,19+,21+/m0/s1. The van der Waals surface area contributed by atoms with Crippen LogP contribution in [0.5, 0.6) is 0 Å². The Kier molecular flexibility index (Phi) is 3.38. The first kappa shape index (κ1) is 14.9. The topological polar surface area (TPSA) is 43.4 Å². The van der Waals surface area contributed by atoms with Gasteiger partial charge in [0.2, 0.25) is 0 Å². The van der Waals surface area contributed by atoms with Crippen LogP contribution in [-0.4, -0.2) is 18.4 Å². The summed E-state index contributed by atoms with van der Waals surface area (Å²) in [5.74, 6) is -0.480. The largest absolute Gasteiger partial charge is 0.466 e. The Morgan fingerprint density at radius 3 is 2.54 bits per heavy atom. The van der Waals surface area contributed by atoms with Crippen LogP contribution in [-0.2, 0) is 14.9 Å². The molecule has 0 saturated heterocycles. The number of carbonyl (C=O) groups excluding carboxylic acids is 2. The highest BCUT2D eigenvalue weighted by atomic mass is 16.5. The summed E-state index contributed by atoms with van der Waals surface area (Å²) in [6, 6.07) is 17.6. The number of rotatable bonds is 3. The lowest BCUT2D eigenvalue weighted by atomic mass is 9.81. The first-order valence-corrected chi connectivity index (χ1v) is 8.24. The monoisotopic (exact) mass is 318 g/mol. The van der Waals surface area contributed by atoms with Crippen LogP contribution < -0.4 is 0 Å². The third kappa shape index (κ3) is 1.97. The van der Waals surface area contributed by atoms with Gasteiger partial charge < -0.3 is 4.74 Å². The lowest BCUT2D eigenvalue weighted by Crippen LogP contribution is -2.21. The van der Waals surface area contributed by atoms with Crippen LogP contribution in [0, 0.1) is 5.92 Å². The van der Waals surface area contributed by atoms with Gasteiger partial charge >= 0.3 is 5.97 Å². The predicted octanol–water partition coefficient (Wildman–Crippen LogP) is 3.65. The lowest BCUT2D eigenvalue weighted by molar-refractivity contribution is -0.145. The van der Waals surface area contributed by atoms with E-state index in [2.05, 4.69) is 0 Å². The molecule has 0 N–H and O–H groups in total. The third-order valence-electron chi connectivity index (χ3n) is 5.12. The normalized spacial score (nSPS) is 27.0. The van der Waals surface area contributed by atoms with Crippen LogP contribution in [0.1, 0.15) is 34.3 Å². The number of ketones is 1. The Hall–Kier alpha value is -2.68. The maximum Gasteiger partial charge on any atom is 0.310 e. The molecule has 1 fully saturated rings.